The standard InChI is InChI=1S/C20H23FN2O2/c1-15-10-18(21)7-6-17(15)13-22-8-9-23(20(24)14-22)12-16-4-3-5-19(11-16)25-2/h3-7,10-11H,8-9,12-14H2,1-2H3. The molecule has 1 fully saturated rings. The van der Waals surface area contributed by atoms with Crippen molar-refractivity contribution in [2.45, 2.75) is 20.0 Å². The Bertz CT molecular complexity index is 763. The lowest BCUT2D eigenvalue weighted by molar-refractivity contribution is -0.136. The molecule has 0 aliphatic carbocycles. The summed E-state index contributed by atoms with van der Waals surface area (Å²) in [5.74, 6) is 0.699. The van der Waals surface area contributed by atoms with Gasteiger partial charge in [-0.2, -0.15) is 0 Å². The second kappa shape index (κ2) is 7.66. The first-order valence-corrected chi connectivity index (χ1v) is 8.43. The molecule has 0 N–H and O–H groups in total. The zero-order chi connectivity index (χ0) is 17.8. The predicted octanol–water partition coefficient (Wildman–Crippen LogP) is 2.99. The number of methoxy groups -OCH3 is 1. The molecule has 0 bridgehead atoms. The SMILES string of the molecule is COc1cccc(CN2CCN(Cc3ccc(F)cc3C)CC2=O)c1. The minimum Gasteiger partial charge on any atom is -0.497 e. The average molecular weight is 342 g/mol. The second-order valence-electron chi connectivity index (χ2n) is 6.45. The van der Waals surface area contributed by atoms with Gasteiger partial charge in [0, 0.05) is 26.2 Å². The Morgan fingerprint density at radius 3 is 2.68 bits per heavy atom. The van der Waals surface area contributed by atoms with Gasteiger partial charge < -0.3 is 9.64 Å². The molecule has 2 aromatic rings. The first-order chi connectivity index (χ1) is 12.0. The summed E-state index contributed by atoms with van der Waals surface area (Å²) in [5.41, 5.74) is 3.05. The van der Waals surface area contributed by atoms with Crippen molar-refractivity contribution in [2.24, 2.45) is 0 Å². The fraction of sp³-hybridized carbons (Fsp3) is 0.350. The monoisotopic (exact) mass is 342 g/mol. The van der Waals surface area contributed by atoms with Gasteiger partial charge in [0.25, 0.3) is 0 Å². The molecular formula is C20H23FN2O2. The summed E-state index contributed by atoms with van der Waals surface area (Å²) in [4.78, 5) is 16.5. The van der Waals surface area contributed by atoms with Gasteiger partial charge in [0.15, 0.2) is 0 Å². The van der Waals surface area contributed by atoms with E-state index in [4.69, 9.17) is 4.74 Å². The van der Waals surface area contributed by atoms with Crippen LogP contribution in [0.1, 0.15) is 16.7 Å². The summed E-state index contributed by atoms with van der Waals surface area (Å²) in [5, 5.41) is 0. The average Bonchev–Trinajstić information content (AvgIpc) is 2.60. The highest BCUT2D eigenvalue weighted by atomic mass is 19.1. The Morgan fingerprint density at radius 2 is 1.96 bits per heavy atom. The van der Waals surface area contributed by atoms with Crippen LogP contribution >= 0.6 is 0 Å². The van der Waals surface area contributed by atoms with Gasteiger partial charge in [-0.1, -0.05) is 18.2 Å². The number of piperazine rings is 1. The molecule has 1 amide bonds. The second-order valence-corrected chi connectivity index (χ2v) is 6.45. The van der Waals surface area contributed by atoms with Crippen LogP contribution in [0.25, 0.3) is 0 Å². The van der Waals surface area contributed by atoms with E-state index in [1.165, 1.54) is 12.1 Å². The van der Waals surface area contributed by atoms with E-state index >= 15 is 0 Å². The quantitative estimate of drug-likeness (QED) is 0.837. The summed E-state index contributed by atoms with van der Waals surface area (Å²) < 4.78 is 18.5. The van der Waals surface area contributed by atoms with Gasteiger partial charge in [-0.05, 0) is 47.9 Å². The number of benzene rings is 2. The van der Waals surface area contributed by atoms with E-state index in [-0.39, 0.29) is 11.7 Å². The van der Waals surface area contributed by atoms with Crippen molar-refractivity contribution < 1.29 is 13.9 Å². The molecule has 132 valence electrons. The maximum absolute atomic E-state index is 13.2. The van der Waals surface area contributed by atoms with Crippen LogP contribution in [0.15, 0.2) is 42.5 Å². The smallest absolute Gasteiger partial charge is 0.237 e. The maximum atomic E-state index is 13.2. The van der Waals surface area contributed by atoms with Gasteiger partial charge in [-0.25, -0.2) is 4.39 Å². The Labute approximate surface area is 147 Å². The largest absolute Gasteiger partial charge is 0.497 e. The highest BCUT2D eigenvalue weighted by Gasteiger charge is 2.24. The van der Waals surface area contributed by atoms with E-state index in [0.29, 0.717) is 26.2 Å². The molecule has 0 spiro atoms. The minimum absolute atomic E-state index is 0.119. The summed E-state index contributed by atoms with van der Waals surface area (Å²) in [6.07, 6.45) is 0. The highest BCUT2D eigenvalue weighted by Crippen LogP contribution is 2.18. The van der Waals surface area contributed by atoms with Crippen LogP contribution in [0.3, 0.4) is 0 Å². The minimum atomic E-state index is -0.222. The number of nitrogens with zero attached hydrogens (tertiary/aromatic N) is 2. The van der Waals surface area contributed by atoms with Crippen molar-refractivity contribution in [1.29, 1.82) is 0 Å². The third-order valence-corrected chi connectivity index (χ3v) is 4.60. The van der Waals surface area contributed by atoms with Crippen LogP contribution in [0.5, 0.6) is 5.75 Å². The van der Waals surface area contributed by atoms with E-state index in [2.05, 4.69) is 4.90 Å². The van der Waals surface area contributed by atoms with Gasteiger partial charge in [-0.15, -0.1) is 0 Å². The number of aryl methyl sites for hydroxylation is 1. The number of halogens is 1. The summed E-state index contributed by atoms with van der Waals surface area (Å²) >= 11 is 0. The van der Waals surface area contributed by atoms with Gasteiger partial charge in [0.1, 0.15) is 11.6 Å². The van der Waals surface area contributed by atoms with Crippen LogP contribution < -0.4 is 4.74 Å². The lowest BCUT2D eigenvalue weighted by Crippen LogP contribution is -2.49. The molecule has 2 aromatic carbocycles. The Hall–Kier alpha value is -2.40. The molecular weight excluding hydrogens is 319 g/mol. The predicted molar refractivity (Wildman–Crippen MR) is 94.8 cm³/mol. The fourth-order valence-corrected chi connectivity index (χ4v) is 3.13. The van der Waals surface area contributed by atoms with Gasteiger partial charge in [0.2, 0.25) is 5.91 Å². The molecule has 25 heavy (non-hydrogen) atoms. The molecule has 0 radical (unpaired) electrons. The molecule has 1 heterocycles. The molecule has 1 saturated heterocycles. The van der Waals surface area contributed by atoms with Gasteiger partial charge in [-0.3, -0.25) is 9.69 Å². The maximum Gasteiger partial charge on any atom is 0.237 e. The summed E-state index contributed by atoms with van der Waals surface area (Å²) in [6.45, 7) is 5.06. The Balaban J connectivity index is 1.59. The molecule has 0 unspecified atom stereocenters. The Morgan fingerprint density at radius 1 is 1.12 bits per heavy atom. The third-order valence-electron chi connectivity index (χ3n) is 4.60. The van der Waals surface area contributed by atoms with E-state index in [9.17, 15) is 9.18 Å². The van der Waals surface area contributed by atoms with Crippen molar-refractivity contribution in [3.63, 3.8) is 0 Å². The first-order valence-electron chi connectivity index (χ1n) is 8.43. The molecule has 5 heteroatoms. The number of hydrogen-bond acceptors (Lipinski definition) is 3. The lowest BCUT2D eigenvalue weighted by Gasteiger charge is -2.34. The van der Waals surface area contributed by atoms with E-state index in [0.717, 1.165) is 29.0 Å². The van der Waals surface area contributed by atoms with Crippen molar-refractivity contribution >= 4 is 5.91 Å². The van der Waals surface area contributed by atoms with Crippen molar-refractivity contribution in [3.8, 4) is 5.75 Å². The molecule has 4 nitrogen and oxygen atoms in total. The zero-order valence-corrected chi connectivity index (χ0v) is 14.7. The summed E-state index contributed by atoms with van der Waals surface area (Å²) in [6, 6.07) is 12.6. The number of rotatable bonds is 5. The van der Waals surface area contributed by atoms with E-state index in [1.54, 1.807) is 13.2 Å². The number of carbonyl (C=O) groups excluding carboxylic acids is 1. The van der Waals surface area contributed by atoms with E-state index < -0.39 is 0 Å². The first kappa shape index (κ1) is 17.4. The number of amides is 1. The van der Waals surface area contributed by atoms with Gasteiger partial charge in [0.05, 0.1) is 13.7 Å². The van der Waals surface area contributed by atoms with Crippen LogP contribution in [-0.2, 0) is 17.9 Å². The fourth-order valence-electron chi connectivity index (χ4n) is 3.13. The third kappa shape index (κ3) is 4.37. The Kier molecular flexibility index (Phi) is 5.34. The van der Waals surface area contributed by atoms with Crippen molar-refractivity contribution in [1.82, 2.24) is 9.80 Å². The molecule has 1 aliphatic rings. The highest BCUT2D eigenvalue weighted by molar-refractivity contribution is 5.79. The normalized spacial score (nSPS) is 15.5. The number of ether oxygens (including phenoxy) is 1. The molecule has 1 aliphatic heterocycles. The number of carbonyl (C=O) groups is 1. The molecule has 3 rings (SSSR count). The zero-order valence-electron chi connectivity index (χ0n) is 14.7. The van der Waals surface area contributed by atoms with Crippen molar-refractivity contribution in [2.75, 3.05) is 26.7 Å². The lowest BCUT2D eigenvalue weighted by atomic mass is 10.1. The molecule has 0 saturated carbocycles. The van der Waals surface area contributed by atoms with E-state index in [1.807, 2.05) is 36.1 Å². The van der Waals surface area contributed by atoms with Crippen LogP contribution in [0.2, 0.25) is 0 Å². The summed E-state index contributed by atoms with van der Waals surface area (Å²) in [7, 11) is 1.64. The number of hydrogen-bond donors (Lipinski definition) is 0. The topological polar surface area (TPSA) is 32.8 Å². The van der Waals surface area contributed by atoms with Crippen LogP contribution in [0.4, 0.5) is 4.39 Å². The van der Waals surface area contributed by atoms with Crippen LogP contribution in [-0.4, -0.2) is 42.5 Å². The van der Waals surface area contributed by atoms with Crippen LogP contribution in [0, 0.1) is 12.7 Å². The van der Waals surface area contributed by atoms with Crippen molar-refractivity contribution in [3.05, 3.63) is 65.0 Å². The van der Waals surface area contributed by atoms with Gasteiger partial charge >= 0.3 is 0 Å². The molecule has 0 aromatic heterocycles. The molecule has 0 atom stereocenters.